The summed E-state index contributed by atoms with van der Waals surface area (Å²) in [6.07, 6.45) is 6.64. The number of carbonyl (C=O) groups excluding carboxylic acids is 1. The Labute approximate surface area is 124 Å². The van der Waals surface area contributed by atoms with E-state index < -0.39 is 20.8 Å². The molecule has 0 saturated carbocycles. The van der Waals surface area contributed by atoms with Gasteiger partial charge in [-0.05, 0) is 26.4 Å². The van der Waals surface area contributed by atoms with Gasteiger partial charge < -0.3 is 13.6 Å². The first-order valence-corrected chi connectivity index (χ1v) is 10.1. The highest BCUT2D eigenvalue weighted by Gasteiger charge is 2.33. The van der Waals surface area contributed by atoms with Gasteiger partial charge in [-0.1, -0.05) is 45.6 Å². The summed E-state index contributed by atoms with van der Waals surface area (Å²) in [6, 6.07) is 0.931. The molecule has 0 rings (SSSR count). The third kappa shape index (κ3) is 9.28. The summed E-state index contributed by atoms with van der Waals surface area (Å²) in [4.78, 5) is 11.2. The molecule has 0 aliphatic carbocycles. The van der Waals surface area contributed by atoms with Gasteiger partial charge in [0.2, 0.25) is 0 Å². The van der Waals surface area contributed by atoms with Crippen LogP contribution in [0.1, 0.15) is 52.9 Å². The van der Waals surface area contributed by atoms with Gasteiger partial charge in [0.25, 0.3) is 0 Å². The second-order valence-electron chi connectivity index (χ2n) is 5.06. The molecular formula is C15H30O4Si. The van der Waals surface area contributed by atoms with Gasteiger partial charge in [-0.15, -0.1) is 0 Å². The smallest absolute Gasteiger partial charge is 0.337 e. The molecule has 0 bridgehead atoms. The van der Waals surface area contributed by atoms with Crippen molar-refractivity contribution in [2.45, 2.75) is 71.8 Å². The molecular weight excluding hydrogens is 272 g/mol. The van der Waals surface area contributed by atoms with Gasteiger partial charge in [0, 0.05) is 12.7 Å². The van der Waals surface area contributed by atoms with Gasteiger partial charge in [-0.3, -0.25) is 0 Å². The Kier molecular flexibility index (Phi) is 10.7. The lowest BCUT2D eigenvalue weighted by atomic mass is 10.2. The van der Waals surface area contributed by atoms with E-state index in [1.54, 1.807) is 6.92 Å². The summed E-state index contributed by atoms with van der Waals surface area (Å²) >= 11 is 0. The van der Waals surface area contributed by atoms with Gasteiger partial charge in [0.15, 0.2) is 6.29 Å². The Morgan fingerprint density at radius 2 is 1.90 bits per heavy atom. The zero-order valence-electron chi connectivity index (χ0n) is 13.4. The molecule has 0 spiro atoms. The van der Waals surface area contributed by atoms with Crippen molar-refractivity contribution in [3.05, 3.63) is 12.7 Å². The zero-order valence-corrected chi connectivity index (χ0v) is 14.4. The second-order valence-corrected chi connectivity index (χ2v) is 8.35. The molecule has 4 nitrogen and oxygen atoms in total. The molecule has 0 saturated heterocycles. The molecule has 0 aromatic rings. The van der Waals surface area contributed by atoms with Gasteiger partial charge >= 0.3 is 14.5 Å². The number of ether oxygens (including phenoxy) is 1. The number of hydrogen-bond donors (Lipinski definition) is 0. The Morgan fingerprint density at radius 1 is 1.25 bits per heavy atom. The third-order valence-electron chi connectivity index (χ3n) is 3.05. The topological polar surface area (TPSA) is 44.8 Å². The lowest BCUT2D eigenvalue weighted by Gasteiger charge is -2.29. The minimum atomic E-state index is -2.26. The first kappa shape index (κ1) is 19.3. The fraction of sp³-hybridized carbons (Fsp3) is 0.800. The molecule has 2 atom stereocenters. The number of carbonyl (C=O) groups is 1. The van der Waals surface area contributed by atoms with Crippen molar-refractivity contribution < 1.29 is 18.4 Å². The van der Waals surface area contributed by atoms with Crippen LogP contribution in [0.25, 0.3) is 0 Å². The molecule has 20 heavy (non-hydrogen) atoms. The van der Waals surface area contributed by atoms with Gasteiger partial charge in [-0.2, -0.15) is 0 Å². The number of rotatable bonds is 12. The minimum Gasteiger partial charge on any atom is -0.434 e. The average molecular weight is 302 g/mol. The second kappa shape index (κ2) is 11.1. The third-order valence-corrected chi connectivity index (χ3v) is 6.04. The lowest BCUT2D eigenvalue weighted by Crippen LogP contribution is -2.42. The molecule has 0 aliphatic heterocycles. The highest BCUT2D eigenvalue weighted by Crippen LogP contribution is 2.21. The fourth-order valence-corrected chi connectivity index (χ4v) is 4.69. The summed E-state index contributed by atoms with van der Waals surface area (Å²) < 4.78 is 16.8. The number of esters is 1. The van der Waals surface area contributed by atoms with Crippen LogP contribution in [0.4, 0.5) is 0 Å². The van der Waals surface area contributed by atoms with E-state index in [1.165, 1.54) is 25.7 Å². The maximum absolute atomic E-state index is 11.2. The first-order valence-electron chi connectivity index (χ1n) is 7.62. The summed E-state index contributed by atoms with van der Waals surface area (Å²) in [6.45, 7) is 11.9. The highest BCUT2D eigenvalue weighted by molar-refractivity contribution is 6.66. The quantitative estimate of drug-likeness (QED) is 0.178. The first-order chi connectivity index (χ1) is 9.47. The van der Waals surface area contributed by atoms with Crippen LogP contribution in [0, 0.1) is 0 Å². The van der Waals surface area contributed by atoms with E-state index in [-0.39, 0.29) is 0 Å². The van der Waals surface area contributed by atoms with E-state index in [1.807, 2.05) is 13.5 Å². The van der Waals surface area contributed by atoms with Crippen molar-refractivity contribution in [3.63, 3.8) is 0 Å². The van der Waals surface area contributed by atoms with Crippen molar-refractivity contribution in [3.8, 4) is 0 Å². The summed E-state index contributed by atoms with van der Waals surface area (Å²) in [5.41, 5.74) is 0. The Balaban J connectivity index is 4.21. The van der Waals surface area contributed by atoms with Crippen molar-refractivity contribution in [1.82, 2.24) is 0 Å². The summed E-state index contributed by atoms with van der Waals surface area (Å²) in [5, 5.41) is 0. The molecule has 0 aromatic carbocycles. The predicted octanol–water partition coefficient (Wildman–Crippen LogP) is 4.16. The summed E-state index contributed by atoms with van der Waals surface area (Å²) in [7, 11) is -2.26. The molecule has 0 heterocycles. The predicted molar refractivity (Wildman–Crippen MR) is 83.6 cm³/mol. The van der Waals surface area contributed by atoms with Crippen LogP contribution in [0.5, 0.6) is 0 Å². The lowest BCUT2D eigenvalue weighted by molar-refractivity contribution is -0.157. The van der Waals surface area contributed by atoms with E-state index in [9.17, 15) is 4.79 Å². The number of unbranched alkanes of at least 4 members (excludes halogenated alkanes) is 4. The average Bonchev–Trinajstić information content (AvgIpc) is 2.38. The van der Waals surface area contributed by atoms with E-state index >= 15 is 0 Å². The standard InChI is InChI=1S/C15H30O4Si/c1-6-9-10-11-12-13-20(5,17-8-3)19-14(4)18-15(16)7-2/h7,14H,2,6,8-13H2,1,3-5H3. The van der Waals surface area contributed by atoms with E-state index in [0.717, 1.165) is 18.5 Å². The fourth-order valence-electron chi connectivity index (χ4n) is 2.11. The van der Waals surface area contributed by atoms with Crippen LogP contribution in [0.15, 0.2) is 12.7 Å². The van der Waals surface area contributed by atoms with Crippen LogP contribution < -0.4 is 0 Å². The molecule has 118 valence electrons. The molecule has 0 aromatic heterocycles. The SMILES string of the molecule is C=CC(=O)OC(C)O[Si](C)(CCCCCCC)OCC. The van der Waals surface area contributed by atoms with E-state index in [0.29, 0.717) is 6.61 Å². The Hall–Kier alpha value is -0.653. The Morgan fingerprint density at radius 3 is 2.45 bits per heavy atom. The van der Waals surface area contributed by atoms with Crippen molar-refractivity contribution in [2.24, 2.45) is 0 Å². The molecule has 0 aliphatic rings. The van der Waals surface area contributed by atoms with Crippen LogP contribution in [-0.4, -0.2) is 27.4 Å². The van der Waals surface area contributed by atoms with Crippen LogP contribution in [-0.2, 0) is 18.4 Å². The van der Waals surface area contributed by atoms with Gasteiger partial charge in [0.05, 0.1) is 0 Å². The monoisotopic (exact) mass is 302 g/mol. The van der Waals surface area contributed by atoms with Crippen LogP contribution in [0.2, 0.25) is 12.6 Å². The maximum Gasteiger partial charge on any atom is 0.337 e. The van der Waals surface area contributed by atoms with Crippen LogP contribution in [0.3, 0.4) is 0 Å². The molecule has 0 radical (unpaired) electrons. The molecule has 0 N–H and O–H groups in total. The van der Waals surface area contributed by atoms with Gasteiger partial charge in [0.1, 0.15) is 0 Å². The minimum absolute atomic E-state index is 0.465. The largest absolute Gasteiger partial charge is 0.434 e. The van der Waals surface area contributed by atoms with Gasteiger partial charge in [-0.25, -0.2) is 4.79 Å². The van der Waals surface area contributed by atoms with E-state index in [2.05, 4.69) is 13.5 Å². The van der Waals surface area contributed by atoms with Crippen molar-refractivity contribution >= 4 is 14.5 Å². The van der Waals surface area contributed by atoms with Crippen molar-refractivity contribution in [1.29, 1.82) is 0 Å². The van der Waals surface area contributed by atoms with E-state index in [4.69, 9.17) is 13.6 Å². The molecule has 2 unspecified atom stereocenters. The molecule has 5 heteroatoms. The molecule has 0 fully saturated rings. The highest BCUT2D eigenvalue weighted by atomic mass is 28.4. The number of hydrogen-bond acceptors (Lipinski definition) is 4. The molecule has 0 amide bonds. The normalized spacial score (nSPS) is 15.4. The van der Waals surface area contributed by atoms with Crippen LogP contribution >= 0.6 is 0 Å². The van der Waals surface area contributed by atoms with Crippen molar-refractivity contribution in [2.75, 3.05) is 6.61 Å². The summed E-state index contributed by atoms with van der Waals surface area (Å²) in [5.74, 6) is -0.465. The maximum atomic E-state index is 11.2. The zero-order chi connectivity index (χ0) is 15.4. The Bertz CT molecular complexity index is 283.